The van der Waals surface area contributed by atoms with Crippen LogP contribution in [0.5, 0.6) is 5.75 Å². The first-order valence-corrected chi connectivity index (χ1v) is 6.52. The lowest BCUT2D eigenvalue weighted by Gasteiger charge is -2.27. The van der Waals surface area contributed by atoms with Gasteiger partial charge >= 0.3 is 0 Å². The number of ether oxygens (including phenoxy) is 1. The number of rotatable bonds is 4. The Kier molecular flexibility index (Phi) is 3.43. The number of hydrogen-bond donors (Lipinski definition) is 1. The largest absolute Gasteiger partial charge is 0.486 e. The Balaban J connectivity index is 2.09. The molecule has 1 N–H and O–H groups in total. The highest BCUT2D eigenvalue weighted by atomic mass is 16.5. The van der Waals surface area contributed by atoms with E-state index in [0.29, 0.717) is 6.04 Å². The minimum atomic E-state index is -0.152. The molecule has 1 heterocycles. The van der Waals surface area contributed by atoms with Gasteiger partial charge in [0.2, 0.25) is 0 Å². The van der Waals surface area contributed by atoms with Crippen molar-refractivity contribution in [3.8, 4) is 5.75 Å². The van der Waals surface area contributed by atoms with E-state index in [1.807, 2.05) is 6.07 Å². The maximum Gasteiger partial charge on any atom is 0.125 e. The smallest absolute Gasteiger partial charge is 0.125 e. The zero-order chi connectivity index (χ0) is 12.5. The van der Waals surface area contributed by atoms with E-state index in [4.69, 9.17) is 4.74 Å². The van der Waals surface area contributed by atoms with Crippen LogP contribution in [-0.2, 0) is 0 Å². The third-order valence-corrected chi connectivity index (χ3v) is 3.37. The Morgan fingerprint density at radius 2 is 2.00 bits per heavy atom. The molecule has 0 aromatic heterocycles. The number of para-hydroxylation sites is 1. The predicted octanol–water partition coefficient (Wildman–Crippen LogP) is 3.53. The van der Waals surface area contributed by atoms with Crippen molar-refractivity contribution < 1.29 is 4.74 Å². The van der Waals surface area contributed by atoms with E-state index in [9.17, 15) is 0 Å². The molecule has 1 aromatic carbocycles. The van der Waals surface area contributed by atoms with Crippen LogP contribution in [0.15, 0.2) is 24.3 Å². The molecule has 0 saturated carbocycles. The highest BCUT2D eigenvalue weighted by Crippen LogP contribution is 2.42. The SMILES string of the molecule is CC(C)CCNC1c2ccccc2OC1(C)C. The molecule has 1 aliphatic rings. The van der Waals surface area contributed by atoms with Gasteiger partial charge in [0.15, 0.2) is 0 Å². The second-order valence-electron chi connectivity index (χ2n) is 5.81. The van der Waals surface area contributed by atoms with E-state index in [1.54, 1.807) is 0 Å². The molecule has 17 heavy (non-hydrogen) atoms. The third kappa shape index (κ3) is 2.63. The minimum Gasteiger partial charge on any atom is -0.486 e. The summed E-state index contributed by atoms with van der Waals surface area (Å²) in [5, 5.41) is 3.63. The summed E-state index contributed by atoms with van der Waals surface area (Å²) in [5.74, 6) is 1.77. The van der Waals surface area contributed by atoms with Crippen LogP contribution in [0.25, 0.3) is 0 Å². The lowest BCUT2D eigenvalue weighted by molar-refractivity contribution is 0.0960. The van der Waals surface area contributed by atoms with Gasteiger partial charge in [0, 0.05) is 5.56 Å². The summed E-state index contributed by atoms with van der Waals surface area (Å²) < 4.78 is 6.00. The van der Waals surface area contributed by atoms with E-state index in [2.05, 4.69) is 51.2 Å². The summed E-state index contributed by atoms with van der Waals surface area (Å²) in [4.78, 5) is 0. The van der Waals surface area contributed by atoms with Crippen LogP contribution in [0.3, 0.4) is 0 Å². The van der Waals surface area contributed by atoms with Gasteiger partial charge in [-0.25, -0.2) is 0 Å². The van der Waals surface area contributed by atoms with Gasteiger partial charge in [-0.05, 0) is 38.8 Å². The molecular weight excluding hydrogens is 210 g/mol. The van der Waals surface area contributed by atoms with Gasteiger partial charge < -0.3 is 10.1 Å². The van der Waals surface area contributed by atoms with Crippen LogP contribution < -0.4 is 10.1 Å². The quantitative estimate of drug-likeness (QED) is 0.859. The van der Waals surface area contributed by atoms with Crippen molar-refractivity contribution in [3.05, 3.63) is 29.8 Å². The molecule has 0 amide bonds. The molecule has 1 aliphatic heterocycles. The Morgan fingerprint density at radius 3 is 2.71 bits per heavy atom. The molecule has 0 saturated heterocycles. The molecule has 2 heteroatoms. The Bertz CT molecular complexity index is 384. The van der Waals surface area contributed by atoms with Gasteiger partial charge in [-0.1, -0.05) is 32.0 Å². The van der Waals surface area contributed by atoms with E-state index < -0.39 is 0 Å². The molecule has 0 aliphatic carbocycles. The number of fused-ring (bicyclic) bond motifs is 1. The molecule has 0 bridgehead atoms. The van der Waals surface area contributed by atoms with Crippen molar-refractivity contribution in [2.24, 2.45) is 5.92 Å². The van der Waals surface area contributed by atoms with Crippen LogP contribution in [0.1, 0.15) is 45.7 Å². The Morgan fingerprint density at radius 1 is 1.29 bits per heavy atom. The zero-order valence-electron chi connectivity index (χ0n) is 11.3. The van der Waals surface area contributed by atoms with E-state index >= 15 is 0 Å². The maximum absolute atomic E-state index is 6.00. The second-order valence-corrected chi connectivity index (χ2v) is 5.81. The van der Waals surface area contributed by atoms with Gasteiger partial charge in [0.25, 0.3) is 0 Å². The van der Waals surface area contributed by atoms with Gasteiger partial charge in [0.1, 0.15) is 11.4 Å². The van der Waals surface area contributed by atoms with Crippen molar-refractivity contribution in [2.45, 2.75) is 45.8 Å². The van der Waals surface area contributed by atoms with Crippen molar-refractivity contribution in [1.29, 1.82) is 0 Å². The van der Waals surface area contributed by atoms with Gasteiger partial charge in [0.05, 0.1) is 6.04 Å². The van der Waals surface area contributed by atoms with Crippen LogP contribution in [0, 0.1) is 5.92 Å². The normalized spacial score (nSPS) is 21.4. The van der Waals surface area contributed by atoms with Crippen molar-refractivity contribution in [2.75, 3.05) is 6.54 Å². The first-order chi connectivity index (χ1) is 8.00. The van der Waals surface area contributed by atoms with Crippen LogP contribution in [0.4, 0.5) is 0 Å². The molecule has 0 spiro atoms. The van der Waals surface area contributed by atoms with E-state index in [0.717, 1.165) is 18.2 Å². The molecular formula is C15H23NO. The number of nitrogens with one attached hydrogen (secondary N) is 1. The topological polar surface area (TPSA) is 21.3 Å². The summed E-state index contributed by atoms with van der Waals surface area (Å²) in [6, 6.07) is 8.64. The Hall–Kier alpha value is -1.02. The van der Waals surface area contributed by atoms with Crippen LogP contribution in [0.2, 0.25) is 0 Å². The summed E-state index contributed by atoms with van der Waals surface area (Å²) in [7, 11) is 0. The number of hydrogen-bond acceptors (Lipinski definition) is 2. The minimum absolute atomic E-state index is 0.152. The van der Waals surface area contributed by atoms with Crippen molar-refractivity contribution in [3.63, 3.8) is 0 Å². The second kappa shape index (κ2) is 4.69. The summed E-state index contributed by atoms with van der Waals surface area (Å²) >= 11 is 0. The first kappa shape index (κ1) is 12.4. The number of benzene rings is 1. The van der Waals surface area contributed by atoms with Gasteiger partial charge in [-0.3, -0.25) is 0 Å². The molecule has 94 valence electrons. The highest BCUT2D eigenvalue weighted by molar-refractivity contribution is 5.42. The van der Waals surface area contributed by atoms with E-state index in [1.165, 1.54) is 12.0 Å². The fourth-order valence-electron chi connectivity index (χ4n) is 2.40. The Labute approximate surface area is 104 Å². The van der Waals surface area contributed by atoms with Gasteiger partial charge in [-0.2, -0.15) is 0 Å². The fourth-order valence-corrected chi connectivity index (χ4v) is 2.40. The standard InChI is InChI=1S/C15H23NO/c1-11(2)9-10-16-14-12-7-5-6-8-13(12)17-15(14,3)4/h5-8,11,14,16H,9-10H2,1-4H3. The van der Waals surface area contributed by atoms with Crippen molar-refractivity contribution >= 4 is 0 Å². The highest BCUT2D eigenvalue weighted by Gasteiger charge is 2.40. The fraction of sp³-hybridized carbons (Fsp3) is 0.600. The molecule has 1 atom stereocenters. The van der Waals surface area contributed by atoms with Gasteiger partial charge in [-0.15, -0.1) is 0 Å². The van der Waals surface area contributed by atoms with Crippen molar-refractivity contribution in [1.82, 2.24) is 5.32 Å². The van der Waals surface area contributed by atoms with Crippen LogP contribution >= 0.6 is 0 Å². The molecule has 1 aromatic rings. The molecule has 1 unspecified atom stereocenters. The summed E-state index contributed by atoms with van der Waals surface area (Å²) in [5.41, 5.74) is 1.14. The summed E-state index contributed by atoms with van der Waals surface area (Å²) in [6.45, 7) is 9.86. The molecule has 0 radical (unpaired) electrons. The average molecular weight is 233 g/mol. The lowest BCUT2D eigenvalue weighted by atomic mass is 9.94. The molecule has 0 fully saturated rings. The zero-order valence-corrected chi connectivity index (χ0v) is 11.3. The molecule has 2 nitrogen and oxygen atoms in total. The lowest BCUT2D eigenvalue weighted by Crippen LogP contribution is -2.39. The third-order valence-electron chi connectivity index (χ3n) is 3.37. The molecule has 2 rings (SSSR count). The first-order valence-electron chi connectivity index (χ1n) is 6.52. The maximum atomic E-state index is 6.00. The predicted molar refractivity (Wildman–Crippen MR) is 71.3 cm³/mol. The van der Waals surface area contributed by atoms with E-state index in [-0.39, 0.29) is 5.60 Å². The summed E-state index contributed by atoms with van der Waals surface area (Å²) in [6.07, 6.45) is 1.20. The monoisotopic (exact) mass is 233 g/mol. The average Bonchev–Trinajstić information content (AvgIpc) is 2.49. The van der Waals surface area contributed by atoms with Crippen LogP contribution in [-0.4, -0.2) is 12.1 Å².